The van der Waals surface area contributed by atoms with Gasteiger partial charge in [0.25, 0.3) is 0 Å². The molecule has 0 bridgehead atoms. The average molecular weight is 912 g/mol. The normalized spacial score (nSPS) is 12.1. The number of aromatic hydroxyl groups is 1. The van der Waals surface area contributed by atoms with Crippen LogP contribution in [0.4, 0.5) is 0 Å². The summed E-state index contributed by atoms with van der Waals surface area (Å²) >= 11 is 0. The number of fused-ring (bicyclic) bond motifs is 1. The number of phenolic OH excluding ortho intramolecular Hbond substituents is 1. The molecule has 2 aromatic heterocycles. The molecular weight excluding hydrogens is 851 g/mol. The third-order valence-electron chi connectivity index (χ3n) is 13.6. The van der Waals surface area contributed by atoms with Gasteiger partial charge in [0.2, 0.25) is 0 Å². The molecule has 346 valence electrons. The number of para-hydroxylation sites is 2. The fourth-order valence-corrected chi connectivity index (χ4v) is 9.69. The molecule has 4 nitrogen and oxygen atoms in total. The van der Waals surface area contributed by atoms with Gasteiger partial charge in [0.05, 0.1) is 28.0 Å². The smallest absolute Gasteiger partial charge is 0.149 e. The molecule has 0 atom stereocenters. The van der Waals surface area contributed by atoms with E-state index >= 15 is 0 Å². The highest BCUT2D eigenvalue weighted by Gasteiger charge is 2.30. The van der Waals surface area contributed by atoms with Crippen molar-refractivity contribution in [3.05, 3.63) is 217 Å². The summed E-state index contributed by atoms with van der Waals surface area (Å²) in [4.78, 5) is 10.8. The molecule has 0 aliphatic heterocycles. The van der Waals surface area contributed by atoms with E-state index in [0.29, 0.717) is 11.4 Å². The van der Waals surface area contributed by atoms with Gasteiger partial charge in [-0.15, -0.1) is 0 Å². The second-order valence-corrected chi connectivity index (χ2v) is 21.7. The maximum Gasteiger partial charge on any atom is 0.149 e. The SMILES string of the molecule is CC(C)(C)c1ccc(-c2cc(-c3cc(-c4ccccc4)ccn3)cc(-c3cccc4c3nc(-c3cc(C(C)(C)C)cc(C(C)(C)C)c3O)n4-c3c(-c4ccccc4)cccc3-c3ccccc3)c2)cc1. The lowest BCUT2D eigenvalue weighted by atomic mass is 9.79. The maximum absolute atomic E-state index is 12.8. The average Bonchev–Trinajstić information content (AvgIpc) is 3.75. The van der Waals surface area contributed by atoms with E-state index in [4.69, 9.17) is 9.97 Å². The van der Waals surface area contributed by atoms with Crippen LogP contribution in [-0.4, -0.2) is 19.6 Å². The fraction of sp³-hybridized carbons (Fsp3) is 0.182. The van der Waals surface area contributed by atoms with Gasteiger partial charge < -0.3 is 5.11 Å². The van der Waals surface area contributed by atoms with Gasteiger partial charge in [0, 0.05) is 34.0 Å². The van der Waals surface area contributed by atoms with Gasteiger partial charge in [-0.05, 0) is 109 Å². The molecule has 0 aliphatic rings. The van der Waals surface area contributed by atoms with Gasteiger partial charge in [0.15, 0.2) is 0 Å². The molecule has 0 spiro atoms. The van der Waals surface area contributed by atoms with Crippen LogP contribution in [-0.2, 0) is 16.2 Å². The predicted molar refractivity (Wildman–Crippen MR) is 295 cm³/mol. The summed E-state index contributed by atoms with van der Waals surface area (Å²) in [6, 6.07) is 69.2. The molecule has 8 aromatic carbocycles. The van der Waals surface area contributed by atoms with E-state index in [-0.39, 0.29) is 22.0 Å². The summed E-state index contributed by atoms with van der Waals surface area (Å²) in [5.41, 5.74) is 18.8. The Labute approximate surface area is 414 Å². The molecule has 0 saturated heterocycles. The summed E-state index contributed by atoms with van der Waals surface area (Å²) in [5, 5.41) is 12.8. The molecule has 10 aromatic rings. The minimum Gasteiger partial charge on any atom is -0.507 e. The first-order valence-corrected chi connectivity index (χ1v) is 24.5. The first-order valence-electron chi connectivity index (χ1n) is 24.5. The zero-order valence-electron chi connectivity index (χ0n) is 41.8. The molecule has 70 heavy (non-hydrogen) atoms. The zero-order valence-corrected chi connectivity index (χ0v) is 41.8. The molecule has 0 amide bonds. The Bertz CT molecular complexity index is 3450. The summed E-state index contributed by atoms with van der Waals surface area (Å²) in [5.74, 6) is 0.910. The van der Waals surface area contributed by atoms with E-state index in [1.165, 1.54) is 5.56 Å². The molecule has 0 fully saturated rings. The van der Waals surface area contributed by atoms with Crippen LogP contribution in [0.3, 0.4) is 0 Å². The minimum absolute atomic E-state index is 0.0213. The molecule has 10 rings (SSSR count). The Morgan fingerprint density at radius 1 is 0.386 bits per heavy atom. The van der Waals surface area contributed by atoms with Crippen molar-refractivity contribution in [1.29, 1.82) is 0 Å². The standard InChI is InChI=1S/C66H61N3O/c1-64(2,3)51-33-31-44(32-34-51)48-37-49(39-50(38-48)58-40-47(35-36-67-58)43-21-13-10-14-22-43)53-27-20-30-59-60(53)68-63(56-41-52(65(4,5)6)42-57(62(56)70)66(7,8)9)69(59)61-54(45-23-15-11-16-24-45)28-19-29-55(61)46-25-17-12-18-26-46/h10-42,70H,1-9H3. The monoisotopic (exact) mass is 911 g/mol. The second kappa shape index (κ2) is 17.9. The second-order valence-electron chi connectivity index (χ2n) is 21.7. The summed E-state index contributed by atoms with van der Waals surface area (Å²) in [6.45, 7) is 20.0. The Kier molecular flexibility index (Phi) is 11.8. The lowest BCUT2D eigenvalue weighted by Crippen LogP contribution is -2.17. The van der Waals surface area contributed by atoms with Crippen molar-refractivity contribution in [2.75, 3.05) is 0 Å². The largest absolute Gasteiger partial charge is 0.507 e. The van der Waals surface area contributed by atoms with Crippen molar-refractivity contribution >= 4 is 11.0 Å². The molecule has 4 heteroatoms. The summed E-state index contributed by atoms with van der Waals surface area (Å²) in [7, 11) is 0. The first-order chi connectivity index (χ1) is 33.5. The minimum atomic E-state index is -0.354. The van der Waals surface area contributed by atoms with Gasteiger partial charge in [0.1, 0.15) is 11.6 Å². The van der Waals surface area contributed by atoms with Crippen molar-refractivity contribution in [2.24, 2.45) is 0 Å². The Hall–Kier alpha value is -7.82. The number of imidazole rings is 1. The van der Waals surface area contributed by atoms with Gasteiger partial charge in [-0.25, -0.2) is 4.98 Å². The van der Waals surface area contributed by atoms with Gasteiger partial charge >= 0.3 is 0 Å². The quantitative estimate of drug-likeness (QED) is 0.165. The number of aromatic nitrogens is 3. The van der Waals surface area contributed by atoms with Crippen LogP contribution in [0.2, 0.25) is 0 Å². The number of benzene rings is 8. The van der Waals surface area contributed by atoms with Crippen LogP contribution in [0.15, 0.2) is 200 Å². The Morgan fingerprint density at radius 3 is 1.50 bits per heavy atom. The van der Waals surface area contributed by atoms with Gasteiger partial charge in [-0.2, -0.15) is 0 Å². The predicted octanol–water partition coefficient (Wildman–Crippen LogP) is 17.7. The molecule has 0 radical (unpaired) electrons. The highest BCUT2D eigenvalue weighted by molar-refractivity contribution is 6.00. The Balaban J connectivity index is 1.31. The number of hydrogen-bond donors (Lipinski definition) is 1. The third kappa shape index (κ3) is 8.87. The van der Waals surface area contributed by atoms with Crippen molar-refractivity contribution in [1.82, 2.24) is 14.5 Å². The lowest BCUT2D eigenvalue weighted by Gasteiger charge is -2.28. The van der Waals surface area contributed by atoms with E-state index in [9.17, 15) is 5.11 Å². The number of rotatable bonds is 8. The topological polar surface area (TPSA) is 50.9 Å². The van der Waals surface area contributed by atoms with Crippen molar-refractivity contribution < 1.29 is 5.11 Å². The molecule has 0 aliphatic carbocycles. The first kappa shape index (κ1) is 45.9. The molecule has 1 N–H and O–H groups in total. The number of phenols is 1. The van der Waals surface area contributed by atoms with Gasteiger partial charge in [-0.1, -0.05) is 214 Å². The van der Waals surface area contributed by atoms with Crippen LogP contribution in [0.1, 0.15) is 79.0 Å². The summed E-state index contributed by atoms with van der Waals surface area (Å²) in [6.07, 6.45) is 1.91. The van der Waals surface area contributed by atoms with Crippen LogP contribution in [0.25, 0.3) is 95.0 Å². The van der Waals surface area contributed by atoms with Crippen LogP contribution < -0.4 is 0 Å². The van der Waals surface area contributed by atoms with E-state index in [1.54, 1.807) is 0 Å². The van der Waals surface area contributed by atoms with Crippen LogP contribution >= 0.6 is 0 Å². The van der Waals surface area contributed by atoms with Crippen LogP contribution in [0.5, 0.6) is 5.75 Å². The van der Waals surface area contributed by atoms with E-state index in [0.717, 1.165) is 94.7 Å². The van der Waals surface area contributed by atoms with Crippen LogP contribution in [0, 0.1) is 0 Å². The number of nitrogens with zero attached hydrogens (tertiary/aromatic N) is 3. The molecular formula is C66H61N3O. The number of hydrogen-bond acceptors (Lipinski definition) is 3. The number of pyridine rings is 1. The van der Waals surface area contributed by atoms with E-state index < -0.39 is 0 Å². The van der Waals surface area contributed by atoms with E-state index in [1.807, 2.05) is 6.20 Å². The fourth-order valence-electron chi connectivity index (χ4n) is 9.69. The van der Waals surface area contributed by atoms with Crippen molar-refractivity contribution in [2.45, 2.75) is 78.6 Å². The molecule has 0 unspecified atom stereocenters. The molecule has 2 heterocycles. The zero-order chi connectivity index (χ0) is 49.0. The maximum atomic E-state index is 12.8. The Morgan fingerprint density at radius 2 is 0.914 bits per heavy atom. The van der Waals surface area contributed by atoms with Gasteiger partial charge in [-0.3, -0.25) is 9.55 Å². The van der Waals surface area contributed by atoms with Crippen molar-refractivity contribution in [3.8, 4) is 89.7 Å². The van der Waals surface area contributed by atoms with E-state index in [2.05, 4.69) is 261 Å². The van der Waals surface area contributed by atoms with Crippen molar-refractivity contribution in [3.63, 3.8) is 0 Å². The molecule has 0 saturated carbocycles. The third-order valence-corrected chi connectivity index (χ3v) is 13.6. The highest BCUT2D eigenvalue weighted by Crippen LogP contribution is 2.47. The highest BCUT2D eigenvalue weighted by atomic mass is 16.3. The summed E-state index contributed by atoms with van der Waals surface area (Å²) < 4.78 is 2.32. The lowest BCUT2D eigenvalue weighted by molar-refractivity contribution is 0.446.